The van der Waals surface area contributed by atoms with Gasteiger partial charge in [-0.05, 0) is 13.3 Å². The maximum Gasteiger partial charge on any atom is 0.325 e. The Labute approximate surface area is 110 Å². The maximum absolute atomic E-state index is 10.7. The van der Waals surface area contributed by atoms with E-state index in [1.54, 1.807) is 12.4 Å². The second-order valence-electron chi connectivity index (χ2n) is 4.18. The van der Waals surface area contributed by atoms with E-state index in [0.29, 0.717) is 13.0 Å². The summed E-state index contributed by atoms with van der Waals surface area (Å²) in [5.74, 6) is 0. The second kappa shape index (κ2) is 5.61. The Morgan fingerprint density at radius 3 is 2.84 bits per heavy atom. The van der Waals surface area contributed by atoms with E-state index in [1.165, 1.54) is 6.33 Å². The van der Waals surface area contributed by atoms with Gasteiger partial charge in [-0.2, -0.15) is 0 Å². The lowest BCUT2D eigenvalue weighted by molar-refractivity contribution is 0.373. The fraction of sp³-hybridized carbons (Fsp3) is 0.364. The van der Waals surface area contributed by atoms with E-state index >= 15 is 0 Å². The lowest BCUT2D eigenvalue weighted by Crippen LogP contribution is -1.96. The summed E-state index contributed by atoms with van der Waals surface area (Å²) in [5, 5.41) is 0. The molecule has 2 rings (SSSR count). The van der Waals surface area contributed by atoms with Gasteiger partial charge in [0.15, 0.2) is 5.65 Å². The smallest absolute Gasteiger partial charge is 0.324 e. The molecular formula is C11H15N4O3P. The number of aromatic nitrogens is 4. The zero-order chi connectivity index (χ0) is 13.9. The quantitative estimate of drug-likeness (QED) is 0.632. The highest BCUT2D eigenvalue weighted by molar-refractivity contribution is 7.51. The average Bonchev–Trinajstić information content (AvgIpc) is 2.72. The van der Waals surface area contributed by atoms with Gasteiger partial charge < -0.3 is 14.4 Å². The van der Waals surface area contributed by atoms with E-state index in [-0.39, 0.29) is 6.16 Å². The van der Waals surface area contributed by atoms with E-state index in [4.69, 9.17) is 9.79 Å². The average molecular weight is 282 g/mol. The summed E-state index contributed by atoms with van der Waals surface area (Å²) in [6, 6.07) is 0. The molecule has 0 bridgehead atoms. The molecule has 0 radical (unpaired) electrons. The Morgan fingerprint density at radius 1 is 1.32 bits per heavy atom. The largest absolute Gasteiger partial charge is 0.325 e. The molecule has 0 unspecified atom stereocenters. The van der Waals surface area contributed by atoms with Gasteiger partial charge >= 0.3 is 7.60 Å². The van der Waals surface area contributed by atoms with E-state index < -0.39 is 7.60 Å². The molecule has 19 heavy (non-hydrogen) atoms. The molecule has 0 spiro atoms. The Kier molecular flexibility index (Phi) is 4.09. The molecule has 0 amide bonds. The molecule has 0 aliphatic rings. The molecule has 2 aromatic heterocycles. The maximum atomic E-state index is 10.7. The molecule has 2 heterocycles. The van der Waals surface area contributed by atoms with Crippen LogP contribution in [0.2, 0.25) is 0 Å². The minimum atomic E-state index is -3.90. The summed E-state index contributed by atoms with van der Waals surface area (Å²) in [4.78, 5) is 29.9. The van der Waals surface area contributed by atoms with Crippen LogP contribution in [0.25, 0.3) is 11.2 Å². The lowest BCUT2D eigenvalue weighted by Gasteiger charge is -2.00. The Hall–Kier alpha value is -1.56. The Bertz CT molecular complexity index is 646. The molecule has 0 saturated heterocycles. The van der Waals surface area contributed by atoms with Gasteiger partial charge in [-0.1, -0.05) is 12.2 Å². The van der Waals surface area contributed by atoms with E-state index in [1.807, 2.05) is 17.6 Å². The first-order valence-corrected chi connectivity index (χ1v) is 7.59. The first-order chi connectivity index (χ1) is 8.97. The highest BCUT2D eigenvalue weighted by Crippen LogP contribution is 2.34. The number of hydrogen-bond donors (Lipinski definition) is 2. The lowest BCUT2D eigenvalue weighted by atomic mass is 10.4. The van der Waals surface area contributed by atoms with Crippen LogP contribution in [0.1, 0.15) is 12.1 Å². The number of rotatable bonds is 5. The van der Waals surface area contributed by atoms with Crippen LogP contribution in [-0.4, -0.2) is 35.5 Å². The molecule has 0 atom stereocenters. The minimum Gasteiger partial charge on any atom is -0.324 e. The van der Waals surface area contributed by atoms with Crippen LogP contribution >= 0.6 is 7.60 Å². The third-order valence-corrected chi connectivity index (χ3v) is 3.48. The van der Waals surface area contributed by atoms with E-state index in [0.717, 1.165) is 16.9 Å². The molecule has 0 fully saturated rings. The van der Waals surface area contributed by atoms with Crippen LogP contribution in [0.4, 0.5) is 0 Å². The third-order valence-electron chi connectivity index (χ3n) is 2.64. The van der Waals surface area contributed by atoms with Crippen LogP contribution in [-0.2, 0) is 11.1 Å². The summed E-state index contributed by atoms with van der Waals surface area (Å²) < 4.78 is 12.5. The Morgan fingerprint density at radius 2 is 2.11 bits per heavy atom. The van der Waals surface area contributed by atoms with Crippen molar-refractivity contribution >= 4 is 18.8 Å². The number of imidazole rings is 1. The van der Waals surface area contributed by atoms with Crippen molar-refractivity contribution in [2.75, 3.05) is 6.16 Å². The van der Waals surface area contributed by atoms with Gasteiger partial charge in [-0.25, -0.2) is 15.0 Å². The van der Waals surface area contributed by atoms with Gasteiger partial charge in [0.05, 0.1) is 18.2 Å². The zero-order valence-electron chi connectivity index (χ0n) is 10.5. The molecule has 2 aromatic rings. The predicted octanol–water partition coefficient (Wildman–Crippen LogP) is 1.26. The normalized spacial score (nSPS) is 12.6. The molecule has 7 nitrogen and oxygen atoms in total. The van der Waals surface area contributed by atoms with Crippen molar-refractivity contribution in [1.82, 2.24) is 19.5 Å². The summed E-state index contributed by atoms with van der Waals surface area (Å²) in [6.45, 7) is 2.44. The van der Waals surface area contributed by atoms with Gasteiger partial charge in [0.2, 0.25) is 0 Å². The van der Waals surface area contributed by atoms with Crippen LogP contribution in [0.15, 0.2) is 24.8 Å². The summed E-state index contributed by atoms with van der Waals surface area (Å²) in [7, 11) is -3.90. The standard InChI is InChI=1S/C11H15N4O3P/c1-9-10-11(13-7-12-9)15(8-14-10)5-3-2-4-6-19(16,17)18/h2-3,7-8H,4-6H2,1H3,(H2,16,17,18)/b3-2-. The topological polar surface area (TPSA) is 101 Å². The molecule has 8 heteroatoms. The molecule has 0 saturated carbocycles. The second-order valence-corrected chi connectivity index (χ2v) is 5.95. The van der Waals surface area contributed by atoms with Crippen molar-refractivity contribution in [1.29, 1.82) is 0 Å². The predicted molar refractivity (Wildman–Crippen MR) is 70.7 cm³/mol. The molecule has 0 aliphatic heterocycles. The van der Waals surface area contributed by atoms with E-state index in [2.05, 4.69) is 15.0 Å². The highest BCUT2D eigenvalue weighted by atomic mass is 31.2. The molecule has 0 aromatic carbocycles. The minimum absolute atomic E-state index is 0.130. The number of hydrogen-bond acceptors (Lipinski definition) is 4. The van der Waals surface area contributed by atoms with Gasteiger partial charge in [-0.3, -0.25) is 4.57 Å². The fourth-order valence-electron chi connectivity index (χ4n) is 1.68. The molecular weight excluding hydrogens is 267 g/mol. The highest BCUT2D eigenvalue weighted by Gasteiger charge is 2.10. The van der Waals surface area contributed by atoms with Gasteiger partial charge in [0.1, 0.15) is 11.8 Å². The zero-order valence-corrected chi connectivity index (χ0v) is 11.4. The number of allylic oxidation sites excluding steroid dienone is 2. The third kappa shape index (κ3) is 3.70. The SMILES string of the molecule is Cc1ncnc2c1ncn2C/C=C\CCP(=O)(O)O. The van der Waals surface area contributed by atoms with Crippen LogP contribution in [0.5, 0.6) is 0 Å². The summed E-state index contributed by atoms with van der Waals surface area (Å²) in [6.07, 6.45) is 6.99. The number of nitrogens with zero attached hydrogens (tertiary/aromatic N) is 4. The van der Waals surface area contributed by atoms with Crippen LogP contribution in [0, 0.1) is 6.92 Å². The summed E-state index contributed by atoms with van der Waals surface area (Å²) >= 11 is 0. The fourth-order valence-corrected chi connectivity index (χ4v) is 2.17. The number of aryl methyl sites for hydroxylation is 1. The van der Waals surface area contributed by atoms with Crippen molar-refractivity contribution in [2.24, 2.45) is 0 Å². The monoisotopic (exact) mass is 282 g/mol. The first-order valence-electron chi connectivity index (χ1n) is 5.79. The van der Waals surface area contributed by atoms with Crippen LogP contribution < -0.4 is 0 Å². The molecule has 0 aliphatic carbocycles. The Balaban J connectivity index is 2.01. The van der Waals surface area contributed by atoms with Crippen LogP contribution in [0.3, 0.4) is 0 Å². The van der Waals surface area contributed by atoms with Gasteiger partial charge in [0.25, 0.3) is 0 Å². The first kappa shape index (κ1) is 13.9. The van der Waals surface area contributed by atoms with Gasteiger partial charge in [-0.15, -0.1) is 0 Å². The van der Waals surface area contributed by atoms with Crippen molar-refractivity contribution in [3.63, 3.8) is 0 Å². The van der Waals surface area contributed by atoms with Crippen molar-refractivity contribution in [3.8, 4) is 0 Å². The van der Waals surface area contributed by atoms with E-state index in [9.17, 15) is 4.57 Å². The molecule has 2 N–H and O–H groups in total. The molecule has 102 valence electrons. The van der Waals surface area contributed by atoms with Gasteiger partial charge in [0, 0.05) is 6.54 Å². The van der Waals surface area contributed by atoms with Crippen molar-refractivity contribution in [3.05, 3.63) is 30.5 Å². The van der Waals surface area contributed by atoms with Crippen molar-refractivity contribution < 1.29 is 14.4 Å². The number of fused-ring (bicyclic) bond motifs is 1. The summed E-state index contributed by atoms with van der Waals surface area (Å²) in [5.41, 5.74) is 2.35. The van der Waals surface area contributed by atoms with Crippen molar-refractivity contribution in [2.45, 2.75) is 19.9 Å².